The molecule has 1 aliphatic heterocycles. The lowest BCUT2D eigenvalue weighted by molar-refractivity contribution is -0.763. The first kappa shape index (κ1) is 27.2. The molecule has 3 aromatic carbocycles. The van der Waals surface area contributed by atoms with Crippen LogP contribution >= 0.6 is 0 Å². The molecule has 1 saturated heterocycles. The maximum atomic E-state index is 15.9. The van der Waals surface area contributed by atoms with Crippen molar-refractivity contribution in [2.75, 3.05) is 13.7 Å². The van der Waals surface area contributed by atoms with Gasteiger partial charge in [0.2, 0.25) is 6.17 Å². The van der Waals surface area contributed by atoms with E-state index in [4.69, 9.17) is 18.9 Å². The molecule has 7 nitrogen and oxygen atoms in total. The van der Waals surface area contributed by atoms with E-state index in [2.05, 4.69) is 0 Å². The first-order valence-corrected chi connectivity index (χ1v) is 11.8. The monoisotopic (exact) mass is 581 g/mol. The summed E-state index contributed by atoms with van der Waals surface area (Å²) in [6.45, 7) is -0.292. The largest absolute Gasteiger partial charge is 1.00 e. The average molecular weight is 582 g/mol. The van der Waals surface area contributed by atoms with Crippen molar-refractivity contribution in [3.8, 4) is 5.75 Å². The van der Waals surface area contributed by atoms with E-state index in [0.717, 1.165) is 10.8 Å². The highest BCUT2D eigenvalue weighted by Gasteiger charge is 2.53. The van der Waals surface area contributed by atoms with Crippen molar-refractivity contribution in [3.63, 3.8) is 0 Å². The van der Waals surface area contributed by atoms with Gasteiger partial charge in [0.25, 0.3) is 6.23 Å². The fourth-order valence-electron chi connectivity index (χ4n) is 4.34. The molecule has 0 unspecified atom stereocenters. The molecule has 9 heteroatoms. The quantitative estimate of drug-likeness (QED) is 0.243. The van der Waals surface area contributed by atoms with Gasteiger partial charge in [-0.1, -0.05) is 42.5 Å². The number of hydrogen-bond acceptors (Lipinski definition) is 6. The SMILES string of the molecule is COc1cccc2c[n+]([C@H]3O[C@H](COC(=O)c4ccccc4)[C@@H](OC(=O)c4ccccc4)[C@@H]3F)ccc12.[Br-]. The van der Waals surface area contributed by atoms with E-state index < -0.39 is 36.5 Å². The number of nitrogens with zero attached hydrogens (tertiary/aromatic N) is 1. The number of pyridine rings is 1. The summed E-state index contributed by atoms with van der Waals surface area (Å²) < 4.78 is 39.8. The number of halogens is 2. The number of ether oxygens (including phenoxy) is 4. The molecule has 0 bridgehead atoms. The molecule has 196 valence electrons. The summed E-state index contributed by atoms with van der Waals surface area (Å²) in [6, 6.07) is 24.1. The molecule has 0 amide bonds. The Morgan fingerprint density at radius 3 is 2.21 bits per heavy atom. The van der Waals surface area contributed by atoms with Gasteiger partial charge in [0, 0.05) is 16.8 Å². The zero-order valence-corrected chi connectivity index (χ0v) is 22.0. The summed E-state index contributed by atoms with van der Waals surface area (Å²) in [7, 11) is 1.58. The molecular formula is C29H25BrFNO6. The third kappa shape index (κ3) is 5.69. The van der Waals surface area contributed by atoms with E-state index in [0.29, 0.717) is 11.3 Å². The minimum Gasteiger partial charge on any atom is -1.00 e. The Labute approximate surface area is 229 Å². The number of aromatic nitrogens is 1. The molecule has 1 aromatic heterocycles. The van der Waals surface area contributed by atoms with Gasteiger partial charge >= 0.3 is 11.9 Å². The van der Waals surface area contributed by atoms with Crippen LogP contribution in [0.4, 0.5) is 4.39 Å². The van der Waals surface area contributed by atoms with Crippen molar-refractivity contribution < 1.29 is 54.5 Å². The highest BCUT2D eigenvalue weighted by molar-refractivity contribution is 5.90. The third-order valence-electron chi connectivity index (χ3n) is 6.22. The van der Waals surface area contributed by atoms with E-state index in [-0.39, 0.29) is 29.2 Å². The zero-order chi connectivity index (χ0) is 25.8. The maximum absolute atomic E-state index is 15.9. The highest BCUT2D eigenvalue weighted by Crippen LogP contribution is 2.33. The summed E-state index contributed by atoms with van der Waals surface area (Å²) in [5.41, 5.74) is 0.633. The maximum Gasteiger partial charge on any atom is 0.338 e. The normalized spacial score (nSPS) is 20.4. The highest BCUT2D eigenvalue weighted by atomic mass is 79.9. The van der Waals surface area contributed by atoms with Crippen molar-refractivity contribution in [2.45, 2.75) is 24.6 Å². The molecule has 0 N–H and O–H groups in total. The van der Waals surface area contributed by atoms with Gasteiger partial charge in [0.15, 0.2) is 18.5 Å². The second-order valence-electron chi connectivity index (χ2n) is 8.57. The van der Waals surface area contributed by atoms with E-state index in [1.807, 2.05) is 18.2 Å². The van der Waals surface area contributed by atoms with Crippen molar-refractivity contribution in [2.24, 2.45) is 0 Å². The van der Waals surface area contributed by atoms with Crippen LogP contribution in [0.25, 0.3) is 10.8 Å². The van der Waals surface area contributed by atoms with Crippen molar-refractivity contribution in [1.82, 2.24) is 0 Å². The van der Waals surface area contributed by atoms with Crippen LogP contribution in [-0.4, -0.2) is 44.0 Å². The Kier molecular flexibility index (Phi) is 8.70. The third-order valence-corrected chi connectivity index (χ3v) is 6.22. The summed E-state index contributed by atoms with van der Waals surface area (Å²) >= 11 is 0. The van der Waals surface area contributed by atoms with Gasteiger partial charge in [-0.2, -0.15) is 4.57 Å². The summed E-state index contributed by atoms with van der Waals surface area (Å²) in [4.78, 5) is 25.3. The Morgan fingerprint density at radius 1 is 0.895 bits per heavy atom. The number of alkyl halides is 1. The predicted octanol–water partition coefficient (Wildman–Crippen LogP) is 1.46. The van der Waals surface area contributed by atoms with E-state index in [9.17, 15) is 9.59 Å². The van der Waals surface area contributed by atoms with Crippen LogP contribution in [0.1, 0.15) is 26.9 Å². The van der Waals surface area contributed by atoms with E-state index in [1.165, 1.54) is 0 Å². The van der Waals surface area contributed by atoms with Crippen molar-refractivity contribution >= 4 is 22.7 Å². The zero-order valence-electron chi connectivity index (χ0n) is 20.4. The number of rotatable bonds is 7. The van der Waals surface area contributed by atoms with Crippen LogP contribution < -0.4 is 26.3 Å². The Balaban J connectivity index is 0.00000336. The fourth-order valence-corrected chi connectivity index (χ4v) is 4.34. The molecule has 4 atom stereocenters. The van der Waals surface area contributed by atoms with Crippen LogP contribution in [0.15, 0.2) is 97.3 Å². The number of methoxy groups -OCH3 is 1. The number of carbonyl (C=O) groups excluding carboxylic acids is 2. The minimum absolute atomic E-state index is 0. The van der Waals surface area contributed by atoms with Gasteiger partial charge in [-0.15, -0.1) is 0 Å². The van der Waals surface area contributed by atoms with Gasteiger partial charge in [-0.25, -0.2) is 14.0 Å². The second-order valence-corrected chi connectivity index (χ2v) is 8.57. The molecule has 0 radical (unpaired) electrons. The Hall–Kier alpha value is -3.82. The van der Waals surface area contributed by atoms with Gasteiger partial charge in [0.1, 0.15) is 18.5 Å². The molecule has 5 rings (SSSR count). The van der Waals surface area contributed by atoms with Gasteiger partial charge in [0.05, 0.1) is 18.2 Å². The molecule has 38 heavy (non-hydrogen) atoms. The molecule has 2 heterocycles. The first-order valence-electron chi connectivity index (χ1n) is 11.8. The summed E-state index contributed by atoms with van der Waals surface area (Å²) in [6.07, 6.45) is -1.73. The second kappa shape index (κ2) is 12.1. The summed E-state index contributed by atoms with van der Waals surface area (Å²) in [5, 5.41) is 1.67. The van der Waals surface area contributed by atoms with Gasteiger partial charge < -0.3 is 35.9 Å². The minimum atomic E-state index is -1.72. The number of benzene rings is 3. The summed E-state index contributed by atoms with van der Waals surface area (Å²) in [5.74, 6) is -0.582. The standard InChI is InChI=1S/C29H25FNO6.BrH/c1-34-23-14-8-13-21-17-31(16-15-22(21)23)27-25(30)26(37-29(33)20-11-6-3-7-12-20)24(36-27)18-35-28(32)19-9-4-2-5-10-19;/h2-17,24-27H,18H2,1H3;1H/q+1;/p-1/t24-,25+,26-,27+;/m1./s1. The Bertz CT molecular complexity index is 1400. The number of esters is 2. The lowest BCUT2D eigenvalue weighted by Crippen LogP contribution is -3.00. The predicted molar refractivity (Wildman–Crippen MR) is 132 cm³/mol. The molecule has 4 aromatic rings. The van der Waals surface area contributed by atoms with Crippen molar-refractivity contribution in [3.05, 3.63) is 108 Å². The number of carbonyl (C=O) groups is 2. The number of hydrogen-bond donors (Lipinski definition) is 0. The van der Waals surface area contributed by atoms with Gasteiger partial charge in [-0.05, 0) is 36.4 Å². The first-order chi connectivity index (χ1) is 18.0. The van der Waals surface area contributed by atoms with Gasteiger partial charge in [-0.3, -0.25) is 0 Å². The molecule has 1 aliphatic rings. The Morgan fingerprint density at radius 2 is 1.55 bits per heavy atom. The van der Waals surface area contributed by atoms with E-state index in [1.54, 1.807) is 90.8 Å². The smallest absolute Gasteiger partial charge is 0.338 e. The lowest BCUT2D eigenvalue weighted by atomic mass is 10.1. The van der Waals surface area contributed by atoms with Crippen LogP contribution in [0.2, 0.25) is 0 Å². The fraction of sp³-hybridized carbons (Fsp3) is 0.207. The van der Waals surface area contributed by atoms with Crippen LogP contribution in [-0.2, 0) is 14.2 Å². The topological polar surface area (TPSA) is 74.9 Å². The van der Waals surface area contributed by atoms with Crippen molar-refractivity contribution in [1.29, 1.82) is 0 Å². The molecule has 1 fully saturated rings. The number of fused-ring (bicyclic) bond motifs is 1. The lowest BCUT2D eigenvalue weighted by Gasteiger charge is -2.19. The van der Waals surface area contributed by atoms with Crippen LogP contribution in [0.3, 0.4) is 0 Å². The average Bonchev–Trinajstić information content (AvgIpc) is 3.26. The molecule has 0 spiro atoms. The van der Waals surface area contributed by atoms with Crippen LogP contribution in [0, 0.1) is 0 Å². The molecular weight excluding hydrogens is 557 g/mol. The van der Waals surface area contributed by atoms with Crippen LogP contribution in [0.5, 0.6) is 5.75 Å². The van der Waals surface area contributed by atoms with E-state index >= 15 is 4.39 Å². The molecule has 0 aliphatic carbocycles. The molecule has 0 saturated carbocycles.